The third-order valence-electron chi connectivity index (χ3n) is 3.89. The van der Waals surface area contributed by atoms with Gasteiger partial charge in [0.05, 0.1) is 0 Å². The van der Waals surface area contributed by atoms with Crippen LogP contribution in [0.4, 0.5) is 0 Å². The number of nitrogens with one attached hydrogen (secondary N) is 2. The van der Waals surface area contributed by atoms with Crippen molar-refractivity contribution in [3.8, 4) is 0 Å². The van der Waals surface area contributed by atoms with E-state index in [0.717, 1.165) is 19.0 Å². The highest BCUT2D eigenvalue weighted by molar-refractivity contribution is 7.07. The lowest BCUT2D eigenvalue weighted by Crippen LogP contribution is -2.40. The number of rotatable bonds is 5. The van der Waals surface area contributed by atoms with Crippen LogP contribution in [-0.4, -0.2) is 19.6 Å². The average Bonchev–Trinajstić information content (AvgIpc) is 2.88. The number of thiophene rings is 1. The van der Waals surface area contributed by atoms with E-state index in [0.29, 0.717) is 5.41 Å². The summed E-state index contributed by atoms with van der Waals surface area (Å²) in [5.74, 6) is 0.748. The van der Waals surface area contributed by atoms with Gasteiger partial charge >= 0.3 is 0 Å². The first kappa shape index (κ1) is 12.1. The van der Waals surface area contributed by atoms with Crippen LogP contribution < -0.4 is 10.6 Å². The quantitative estimate of drug-likeness (QED) is 0.823. The van der Waals surface area contributed by atoms with Gasteiger partial charge in [0.15, 0.2) is 0 Å². The van der Waals surface area contributed by atoms with E-state index in [1.807, 2.05) is 0 Å². The normalized spacial score (nSPS) is 25.4. The van der Waals surface area contributed by atoms with Gasteiger partial charge in [-0.2, -0.15) is 11.3 Å². The molecular formula is C13H22N2S. The molecule has 16 heavy (non-hydrogen) atoms. The lowest BCUT2D eigenvalue weighted by molar-refractivity contribution is 0.208. The molecule has 2 heterocycles. The van der Waals surface area contributed by atoms with Crippen molar-refractivity contribution in [1.29, 1.82) is 0 Å². The van der Waals surface area contributed by atoms with Gasteiger partial charge < -0.3 is 10.6 Å². The van der Waals surface area contributed by atoms with Gasteiger partial charge in [0.2, 0.25) is 0 Å². The van der Waals surface area contributed by atoms with Crippen LogP contribution in [0.3, 0.4) is 0 Å². The number of hydrogen-bond acceptors (Lipinski definition) is 3. The van der Waals surface area contributed by atoms with Crippen LogP contribution >= 0.6 is 11.3 Å². The largest absolute Gasteiger partial charge is 0.316 e. The fourth-order valence-electron chi connectivity index (χ4n) is 2.46. The van der Waals surface area contributed by atoms with Crippen molar-refractivity contribution in [3.05, 3.63) is 22.4 Å². The lowest BCUT2D eigenvalue weighted by Gasteiger charge is -2.33. The van der Waals surface area contributed by atoms with Gasteiger partial charge in [-0.1, -0.05) is 13.8 Å². The third kappa shape index (κ3) is 2.65. The Bertz CT molecular complexity index is 300. The van der Waals surface area contributed by atoms with Crippen LogP contribution in [0, 0.1) is 11.3 Å². The van der Waals surface area contributed by atoms with Crippen LogP contribution in [0.15, 0.2) is 16.8 Å². The molecule has 1 saturated heterocycles. The minimum Gasteiger partial charge on any atom is -0.316 e. The summed E-state index contributed by atoms with van der Waals surface area (Å²) in [6.07, 6.45) is 1.31. The van der Waals surface area contributed by atoms with Gasteiger partial charge in [-0.15, -0.1) is 0 Å². The maximum Gasteiger partial charge on any atom is 0.0213 e. The Kier molecular flexibility index (Phi) is 4.00. The minimum absolute atomic E-state index is 0.468. The molecule has 1 unspecified atom stereocenters. The number of hydrogen-bond donors (Lipinski definition) is 2. The summed E-state index contributed by atoms with van der Waals surface area (Å²) in [6.45, 7) is 9.18. The second-order valence-corrected chi connectivity index (χ2v) is 5.96. The molecule has 2 rings (SSSR count). The van der Waals surface area contributed by atoms with E-state index in [-0.39, 0.29) is 0 Å². The van der Waals surface area contributed by atoms with Crippen molar-refractivity contribution in [3.63, 3.8) is 0 Å². The smallest absolute Gasteiger partial charge is 0.0213 e. The Morgan fingerprint density at radius 2 is 2.44 bits per heavy atom. The third-order valence-corrected chi connectivity index (χ3v) is 4.62. The molecule has 1 atom stereocenters. The second-order valence-electron chi connectivity index (χ2n) is 5.18. The second kappa shape index (κ2) is 5.30. The predicted octanol–water partition coefficient (Wildman–Crippen LogP) is 2.47. The molecule has 3 heteroatoms. The van der Waals surface area contributed by atoms with Crippen LogP contribution in [0.5, 0.6) is 0 Å². The molecule has 0 radical (unpaired) electrons. The maximum absolute atomic E-state index is 3.62. The average molecular weight is 238 g/mol. The maximum atomic E-state index is 3.62. The summed E-state index contributed by atoms with van der Waals surface area (Å²) in [7, 11) is 0. The van der Waals surface area contributed by atoms with Crippen LogP contribution in [0.1, 0.15) is 25.8 Å². The molecule has 0 aliphatic carbocycles. The summed E-state index contributed by atoms with van der Waals surface area (Å²) < 4.78 is 0. The van der Waals surface area contributed by atoms with Gasteiger partial charge in [-0.05, 0) is 46.7 Å². The molecule has 1 fully saturated rings. The summed E-state index contributed by atoms with van der Waals surface area (Å²) in [5.41, 5.74) is 1.88. The zero-order chi connectivity index (χ0) is 11.4. The van der Waals surface area contributed by atoms with Crippen LogP contribution in [0.25, 0.3) is 0 Å². The fourth-order valence-corrected chi connectivity index (χ4v) is 3.13. The highest BCUT2D eigenvalue weighted by Gasteiger charge is 2.36. The van der Waals surface area contributed by atoms with Crippen LogP contribution in [0.2, 0.25) is 0 Å². The van der Waals surface area contributed by atoms with E-state index in [2.05, 4.69) is 41.3 Å². The Hall–Kier alpha value is -0.380. The van der Waals surface area contributed by atoms with E-state index >= 15 is 0 Å². The standard InChI is InChI=1S/C13H22N2S/c1-11(2)13(4-5-14-9-13)10-15-7-12-3-6-16-8-12/h3,6,8,11,14-15H,4-5,7,9-10H2,1-2H3. The SMILES string of the molecule is CC(C)C1(CNCc2ccsc2)CCNC1. The van der Waals surface area contributed by atoms with E-state index in [1.165, 1.54) is 25.1 Å². The molecule has 2 N–H and O–H groups in total. The van der Waals surface area contributed by atoms with Gasteiger partial charge in [0.1, 0.15) is 0 Å². The van der Waals surface area contributed by atoms with E-state index < -0.39 is 0 Å². The van der Waals surface area contributed by atoms with E-state index in [4.69, 9.17) is 0 Å². The van der Waals surface area contributed by atoms with Gasteiger partial charge in [-0.3, -0.25) is 0 Å². The Balaban J connectivity index is 1.83. The van der Waals surface area contributed by atoms with Gasteiger partial charge in [0.25, 0.3) is 0 Å². The molecule has 0 aromatic carbocycles. The Morgan fingerprint density at radius 1 is 1.56 bits per heavy atom. The van der Waals surface area contributed by atoms with Crippen LogP contribution in [-0.2, 0) is 6.54 Å². The molecule has 0 saturated carbocycles. The molecule has 1 aliphatic heterocycles. The highest BCUT2D eigenvalue weighted by Crippen LogP contribution is 2.33. The molecule has 1 aromatic rings. The Morgan fingerprint density at radius 3 is 3.00 bits per heavy atom. The van der Waals surface area contributed by atoms with Crippen molar-refractivity contribution >= 4 is 11.3 Å². The molecule has 0 amide bonds. The topological polar surface area (TPSA) is 24.1 Å². The first-order valence-electron chi connectivity index (χ1n) is 6.15. The fraction of sp³-hybridized carbons (Fsp3) is 0.692. The van der Waals surface area contributed by atoms with Crippen molar-refractivity contribution in [2.75, 3.05) is 19.6 Å². The van der Waals surface area contributed by atoms with Gasteiger partial charge in [-0.25, -0.2) is 0 Å². The van der Waals surface area contributed by atoms with Crippen molar-refractivity contribution in [2.45, 2.75) is 26.8 Å². The molecule has 1 aromatic heterocycles. The first-order valence-corrected chi connectivity index (χ1v) is 7.10. The molecule has 2 nitrogen and oxygen atoms in total. The summed E-state index contributed by atoms with van der Waals surface area (Å²) >= 11 is 1.78. The first-order chi connectivity index (χ1) is 7.73. The summed E-state index contributed by atoms with van der Waals surface area (Å²) in [6, 6.07) is 2.20. The monoisotopic (exact) mass is 238 g/mol. The highest BCUT2D eigenvalue weighted by atomic mass is 32.1. The molecule has 0 spiro atoms. The minimum atomic E-state index is 0.468. The zero-order valence-corrected chi connectivity index (χ0v) is 11.1. The van der Waals surface area contributed by atoms with E-state index in [1.54, 1.807) is 11.3 Å². The van der Waals surface area contributed by atoms with Crippen molar-refractivity contribution in [2.24, 2.45) is 11.3 Å². The molecule has 90 valence electrons. The van der Waals surface area contributed by atoms with Crippen molar-refractivity contribution < 1.29 is 0 Å². The van der Waals surface area contributed by atoms with E-state index in [9.17, 15) is 0 Å². The lowest BCUT2D eigenvalue weighted by atomic mass is 9.76. The zero-order valence-electron chi connectivity index (χ0n) is 10.3. The van der Waals surface area contributed by atoms with Gasteiger partial charge in [0, 0.05) is 19.6 Å². The molecule has 1 aliphatic rings. The predicted molar refractivity (Wildman–Crippen MR) is 70.8 cm³/mol. The summed E-state index contributed by atoms with van der Waals surface area (Å²) in [4.78, 5) is 0. The molecule has 0 bridgehead atoms. The molecular weight excluding hydrogens is 216 g/mol. The summed E-state index contributed by atoms with van der Waals surface area (Å²) in [5, 5.41) is 11.5. The Labute approximate surface area is 102 Å². The van der Waals surface area contributed by atoms with Crippen molar-refractivity contribution in [1.82, 2.24) is 10.6 Å².